The summed E-state index contributed by atoms with van der Waals surface area (Å²) < 4.78 is 29.9. The van der Waals surface area contributed by atoms with Crippen LogP contribution in [0.15, 0.2) is 24.3 Å². The van der Waals surface area contributed by atoms with E-state index in [-0.39, 0.29) is 36.8 Å². The molecule has 2 aliphatic rings. The van der Waals surface area contributed by atoms with Crippen LogP contribution in [0, 0.1) is 17.7 Å². The maximum absolute atomic E-state index is 13.2. The molecule has 4 atom stereocenters. The van der Waals surface area contributed by atoms with Gasteiger partial charge in [-0.1, -0.05) is 12.1 Å². The third-order valence-electron chi connectivity index (χ3n) is 4.83. The quantitative estimate of drug-likeness (QED) is 0.816. The van der Waals surface area contributed by atoms with Crippen LogP contribution in [0.5, 0.6) is 0 Å². The van der Waals surface area contributed by atoms with E-state index in [0.29, 0.717) is 6.42 Å². The average molecular weight is 365 g/mol. The Balaban J connectivity index is 1.80. The lowest BCUT2D eigenvalue weighted by Gasteiger charge is -2.30. The van der Waals surface area contributed by atoms with Crippen LogP contribution in [0.1, 0.15) is 25.3 Å². The van der Waals surface area contributed by atoms with Crippen molar-refractivity contribution in [1.82, 2.24) is 0 Å². The first-order valence-electron chi connectivity index (χ1n) is 8.93. The van der Waals surface area contributed by atoms with E-state index < -0.39 is 24.2 Å². The second kappa shape index (κ2) is 8.14. The third kappa shape index (κ3) is 4.80. The highest BCUT2D eigenvalue weighted by atomic mass is 19.1. The van der Waals surface area contributed by atoms with Crippen molar-refractivity contribution in [2.45, 2.75) is 44.4 Å². The van der Waals surface area contributed by atoms with Crippen molar-refractivity contribution in [2.75, 3.05) is 13.2 Å². The Bertz CT molecular complexity index is 646. The van der Waals surface area contributed by atoms with E-state index in [9.17, 15) is 14.0 Å². The predicted molar refractivity (Wildman–Crippen MR) is 90.5 cm³/mol. The molecule has 1 aliphatic heterocycles. The molecule has 26 heavy (non-hydrogen) atoms. The lowest BCUT2D eigenvalue weighted by atomic mass is 9.89. The highest BCUT2D eigenvalue weighted by molar-refractivity contribution is 5.76. The van der Waals surface area contributed by atoms with Gasteiger partial charge in [-0.3, -0.25) is 9.59 Å². The molecule has 1 saturated heterocycles. The van der Waals surface area contributed by atoms with Crippen molar-refractivity contribution < 1.29 is 28.2 Å². The topological polar surface area (TPSA) is 87.8 Å². The molecule has 7 heteroatoms. The fourth-order valence-electron chi connectivity index (χ4n) is 3.04. The van der Waals surface area contributed by atoms with E-state index in [2.05, 4.69) is 0 Å². The summed E-state index contributed by atoms with van der Waals surface area (Å²) in [6.07, 6.45) is 1.03. The number of nitrogens with two attached hydrogens (primary N) is 1. The summed E-state index contributed by atoms with van der Waals surface area (Å²) in [6.45, 7) is 1.90. The maximum Gasteiger partial charge on any atom is 0.325 e. The zero-order valence-electron chi connectivity index (χ0n) is 14.7. The number of hydrogen-bond donors (Lipinski definition) is 1. The van der Waals surface area contributed by atoms with E-state index in [1.165, 1.54) is 12.1 Å². The molecule has 1 aliphatic carbocycles. The average Bonchev–Trinajstić information content (AvgIpc) is 3.44. The normalized spacial score (nSPS) is 29.9. The van der Waals surface area contributed by atoms with Gasteiger partial charge in [0.05, 0.1) is 19.1 Å². The molecule has 1 aromatic carbocycles. The van der Waals surface area contributed by atoms with Crippen LogP contribution in [0.4, 0.5) is 4.39 Å². The van der Waals surface area contributed by atoms with Crippen LogP contribution in [-0.4, -0.2) is 43.4 Å². The molecule has 2 N–H and O–H groups in total. The zero-order valence-corrected chi connectivity index (χ0v) is 14.7. The maximum atomic E-state index is 13.2. The molecular weight excluding hydrogens is 341 g/mol. The van der Waals surface area contributed by atoms with E-state index in [1.54, 1.807) is 19.1 Å². The van der Waals surface area contributed by atoms with Crippen LogP contribution in [0.3, 0.4) is 0 Å². The lowest BCUT2D eigenvalue weighted by molar-refractivity contribution is -0.162. The number of carbonyl (C=O) groups excluding carboxylic acids is 2. The number of hydrogen-bond acceptors (Lipinski definition) is 6. The van der Waals surface area contributed by atoms with Crippen molar-refractivity contribution in [3.8, 4) is 0 Å². The van der Waals surface area contributed by atoms with Crippen molar-refractivity contribution in [1.29, 1.82) is 0 Å². The SMILES string of the molecule is C[C@@H]1OC(=O)[C@@H](N)COC[C@H](OC(=O)C2CC2)[C@H]1Cc1ccc(F)cc1. The predicted octanol–water partition coefficient (Wildman–Crippen LogP) is 1.60. The van der Waals surface area contributed by atoms with Gasteiger partial charge in [-0.25, -0.2) is 4.39 Å². The lowest BCUT2D eigenvalue weighted by Crippen LogP contribution is -2.41. The van der Waals surface area contributed by atoms with Crippen LogP contribution in [0.25, 0.3) is 0 Å². The molecule has 3 rings (SSSR count). The first-order valence-corrected chi connectivity index (χ1v) is 8.93. The van der Waals surface area contributed by atoms with Crippen LogP contribution in [-0.2, 0) is 30.2 Å². The summed E-state index contributed by atoms with van der Waals surface area (Å²) in [5, 5.41) is 0. The van der Waals surface area contributed by atoms with Crippen LogP contribution in [0.2, 0.25) is 0 Å². The molecule has 142 valence electrons. The van der Waals surface area contributed by atoms with Gasteiger partial charge in [0.15, 0.2) is 0 Å². The number of ether oxygens (including phenoxy) is 3. The van der Waals surface area contributed by atoms with Gasteiger partial charge in [-0.15, -0.1) is 0 Å². The van der Waals surface area contributed by atoms with Crippen molar-refractivity contribution in [2.24, 2.45) is 17.6 Å². The Hall–Kier alpha value is -1.99. The van der Waals surface area contributed by atoms with Crippen LogP contribution < -0.4 is 5.73 Å². The monoisotopic (exact) mass is 365 g/mol. The van der Waals surface area contributed by atoms with E-state index >= 15 is 0 Å². The first kappa shape index (κ1) is 18.8. The summed E-state index contributed by atoms with van der Waals surface area (Å²) >= 11 is 0. The highest BCUT2D eigenvalue weighted by Crippen LogP contribution is 2.32. The minimum Gasteiger partial charge on any atom is -0.461 e. The van der Waals surface area contributed by atoms with Crippen molar-refractivity contribution in [3.05, 3.63) is 35.6 Å². The summed E-state index contributed by atoms with van der Waals surface area (Å²) in [4.78, 5) is 24.2. The van der Waals surface area contributed by atoms with Gasteiger partial charge in [0.2, 0.25) is 0 Å². The Morgan fingerprint density at radius 1 is 1.27 bits per heavy atom. The number of halogens is 1. The molecule has 0 spiro atoms. The number of esters is 2. The number of rotatable bonds is 4. The standard InChI is InChI=1S/C19H24FNO5/c1-11-15(8-12-2-6-14(20)7-3-12)17(26-18(22)13-4-5-13)10-24-9-16(21)19(23)25-11/h2-3,6-7,11,13,15-17H,4-5,8-10,21H2,1H3/t11-,15-,16-,17-/m0/s1. The first-order chi connectivity index (χ1) is 12.4. The van der Waals surface area contributed by atoms with Crippen LogP contribution >= 0.6 is 0 Å². The van der Waals surface area contributed by atoms with Gasteiger partial charge in [0, 0.05) is 5.92 Å². The van der Waals surface area contributed by atoms with Gasteiger partial charge in [0.25, 0.3) is 0 Å². The molecule has 0 aromatic heterocycles. The van der Waals surface area contributed by atoms with E-state index in [1.807, 2.05) is 0 Å². The summed E-state index contributed by atoms with van der Waals surface area (Å²) in [7, 11) is 0. The molecule has 6 nitrogen and oxygen atoms in total. The second-order valence-electron chi connectivity index (χ2n) is 7.03. The highest BCUT2D eigenvalue weighted by Gasteiger charge is 2.39. The largest absolute Gasteiger partial charge is 0.461 e. The number of carbonyl (C=O) groups is 2. The molecule has 1 saturated carbocycles. The minimum atomic E-state index is -0.873. The molecule has 0 amide bonds. The zero-order chi connectivity index (χ0) is 18.7. The molecule has 1 aromatic rings. The molecular formula is C19H24FNO5. The van der Waals surface area contributed by atoms with Crippen molar-refractivity contribution >= 4 is 11.9 Å². The Morgan fingerprint density at radius 2 is 1.96 bits per heavy atom. The minimum absolute atomic E-state index is 0.00625. The third-order valence-corrected chi connectivity index (χ3v) is 4.83. The van der Waals surface area contributed by atoms with E-state index in [0.717, 1.165) is 18.4 Å². The molecule has 2 fully saturated rings. The summed E-state index contributed by atoms with van der Waals surface area (Å²) in [6, 6.07) is 5.21. The fraction of sp³-hybridized carbons (Fsp3) is 0.579. The Labute approximate surface area is 151 Å². The Morgan fingerprint density at radius 3 is 2.62 bits per heavy atom. The van der Waals surface area contributed by atoms with Gasteiger partial charge in [-0.05, 0) is 43.9 Å². The molecule has 1 heterocycles. The van der Waals surface area contributed by atoms with Gasteiger partial charge in [-0.2, -0.15) is 0 Å². The molecule has 0 radical (unpaired) electrons. The number of benzene rings is 1. The fourth-order valence-corrected chi connectivity index (χ4v) is 3.04. The summed E-state index contributed by atoms with van der Waals surface area (Å²) in [5.74, 6) is -1.49. The summed E-state index contributed by atoms with van der Waals surface area (Å²) in [5.41, 5.74) is 6.61. The second-order valence-corrected chi connectivity index (χ2v) is 7.03. The number of cyclic esters (lactones) is 1. The molecule has 0 bridgehead atoms. The van der Waals surface area contributed by atoms with Gasteiger partial charge < -0.3 is 19.9 Å². The van der Waals surface area contributed by atoms with Crippen molar-refractivity contribution in [3.63, 3.8) is 0 Å². The molecule has 0 unspecified atom stereocenters. The van der Waals surface area contributed by atoms with Gasteiger partial charge >= 0.3 is 11.9 Å². The smallest absolute Gasteiger partial charge is 0.325 e. The van der Waals surface area contributed by atoms with E-state index in [4.69, 9.17) is 19.9 Å². The Kier molecular flexibility index (Phi) is 5.88. The van der Waals surface area contributed by atoms with Gasteiger partial charge in [0.1, 0.15) is 24.1 Å².